The predicted octanol–water partition coefficient (Wildman–Crippen LogP) is 2.14. The molecule has 0 amide bonds. The monoisotopic (exact) mass is 293 g/mol. The smallest absolute Gasteiger partial charge is 0.197 e. The minimum Gasteiger partial charge on any atom is -0.381 e. The minimum atomic E-state index is 0.368. The fourth-order valence-electron chi connectivity index (χ4n) is 2.47. The highest BCUT2D eigenvalue weighted by Crippen LogP contribution is 2.23. The van der Waals surface area contributed by atoms with Crippen LogP contribution >= 0.6 is 0 Å². The lowest BCUT2D eigenvalue weighted by Crippen LogP contribution is -2.00. The number of fused-ring (bicyclic) bond motifs is 2. The summed E-state index contributed by atoms with van der Waals surface area (Å²) in [5.74, 6) is 0.763. The molecule has 7 nitrogen and oxygen atoms in total. The predicted molar refractivity (Wildman–Crippen MR) is 83.5 cm³/mol. The maximum atomic E-state index is 5.83. The van der Waals surface area contributed by atoms with Crippen LogP contribution in [0.15, 0.2) is 37.1 Å². The molecule has 0 fully saturated rings. The van der Waals surface area contributed by atoms with E-state index in [9.17, 15) is 0 Å². The second kappa shape index (κ2) is 4.52. The van der Waals surface area contributed by atoms with Gasteiger partial charge in [0.2, 0.25) is 0 Å². The van der Waals surface area contributed by atoms with Crippen LogP contribution in [-0.4, -0.2) is 29.0 Å². The van der Waals surface area contributed by atoms with Crippen molar-refractivity contribution in [3.63, 3.8) is 0 Å². The largest absolute Gasteiger partial charge is 0.381 e. The third-order valence-corrected chi connectivity index (χ3v) is 3.69. The van der Waals surface area contributed by atoms with E-state index >= 15 is 0 Å². The van der Waals surface area contributed by atoms with E-state index in [1.54, 1.807) is 10.7 Å². The summed E-state index contributed by atoms with van der Waals surface area (Å²) in [5, 5.41) is 4.23. The molecule has 0 spiro atoms. The van der Waals surface area contributed by atoms with Crippen LogP contribution in [0.25, 0.3) is 22.6 Å². The molecule has 0 aliphatic carbocycles. The first-order valence-electron chi connectivity index (χ1n) is 7.07. The third-order valence-electron chi connectivity index (χ3n) is 3.69. The molecule has 4 aromatic rings. The molecule has 2 N–H and O–H groups in total. The lowest BCUT2D eigenvalue weighted by atomic mass is 10.2. The van der Waals surface area contributed by atoms with E-state index < -0.39 is 0 Å². The molecule has 0 aliphatic rings. The van der Waals surface area contributed by atoms with Crippen LogP contribution in [-0.2, 0) is 0 Å². The molecule has 0 aromatic carbocycles. The van der Waals surface area contributed by atoms with Crippen LogP contribution in [0.2, 0.25) is 0 Å². The number of pyridine rings is 1. The van der Waals surface area contributed by atoms with E-state index in [4.69, 9.17) is 5.73 Å². The molecule has 0 radical (unpaired) electrons. The summed E-state index contributed by atoms with van der Waals surface area (Å²) in [6, 6.07) is 4.00. The van der Waals surface area contributed by atoms with Gasteiger partial charge in [0.1, 0.15) is 12.0 Å². The molecule has 0 saturated heterocycles. The second-order valence-electron chi connectivity index (χ2n) is 5.53. The maximum absolute atomic E-state index is 5.83. The Labute approximate surface area is 126 Å². The second-order valence-corrected chi connectivity index (χ2v) is 5.53. The van der Waals surface area contributed by atoms with Gasteiger partial charge < -0.3 is 10.1 Å². The normalized spacial score (nSPS) is 11.8. The van der Waals surface area contributed by atoms with Gasteiger partial charge in [-0.3, -0.25) is 0 Å². The standard InChI is InChI=1S/C15H15N7/c1-9(2)11-7-21-6-10(3-4-13(21)20-11)12-5-17-15-14(16)18-8-19-22(12)15/h3-9H,1-2H3,(H2,16,18,19). The molecule has 4 rings (SSSR count). The summed E-state index contributed by atoms with van der Waals surface area (Å²) in [6.07, 6.45) is 7.26. The van der Waals surface area contributed by atoms with Crippen molar-refractivity contribution in [1.29, 1.82) is 0 Å². The van der Waals surface area contributed by atoms with E-state index in [2.05, 4.69) is 40.1 Å². The van der Waals surface area contributed by atoms with Crippen LogP contribution in [0.5, 0.6) is 0 Å². The lowest BCUT2D eigenvalue weighted by Gasteiger charge is -2.02. The van der Waals surface area contributed by atoms with Gasteiger partial charge in [0.25, 0.3) is 0 Å². The molecule has 0 atom stereocenters. The Balaban J connectivity index is 1.90. The Hall–Kier alpha value is -2.96. The SMILES string of the molecule is CC(C)c1cn2cc(-c3cnc4c(N)ncnn34)ccc2n1. The molecule has 4 aromatic heterocycles. The van der Waals surface area contributed by atoms with Gasteiger partial charge in [-0.1, -0.05) is 13.8 Å². The molecule has 7 heteroatoms. The van der Waals surface area contributed by atoms with E-state index in [0.717, 1.165) is 22.6 Å². The number of anilines is 1. The molecule has 0 aliphatic heterocycles. The van der Waals surface area contributed by atoms with Gasteiger partial charge >= 0.3 is 0 Å². The van der Waals surface area contributed by atoms with Crippen molar-refractivity contribution < 1.29 is 0 Å². The first-order chi connectivity index (χ1) is 10.6. The van der Waals surface area contributed by atoms with Crippen LogP contribution in [0.3, 0.4) is 0 Å². The van der Waals surface area contributed by atoms with Crippen molar-refractivity contribution in [3.05, 3.63) is 42.7 Å². The van der Waals surface area contributed by atoms with Crippen LogP contribution < -0.4 is 5.73 Å². The highest BCUT2D eigenvalue weighted by Gasteiger charge is 2.11. The van der Waals surface area contributed by atoms with Gasteiger partial charge in [-0.2, -0.15) is 5.10 Å². The zero-order valence-corrected chi connectivity index (χ0v) is 12.3. The Bertz CT molecular complexity index is 980. The van der Waals surface area contributed by atoms with Gasteiger partial charge in [0, 0.05) is 18.0 Å². The number of hydrogen-bond donors (Lipinski definition) is 1. The average molecular weight is 293 g/mol. The van der Waals surface area contributed by atoms with E-state index in [1.165, 1.54) is 6.33 Å². The Morgan fingerprint density at radius 1 is 1.14 bits per heavy atom. The molecule has 110 valence electrons. The summed E-state index contributed by atoms with van der Waals surface area (Å²) < 4.78 is 3.72. The summed E-state index contributed by atoms with van der Waals surface area (Å²) >= 11 is 0. The minimum absolute atomic E-state index is 0.368. The van der Waals surface area contributed by atoms with Gasteiger partial charge in [-0.05, 0) is 18.1 Å². The van der Waals surface area contributed by atoms with Crippen molar-refractivity contribution in [3.8, 4) is 11.3 Å². The number of nitrogens with zero attached hydrogens (tertiary/aromatic N) is 6. The lowest BCUT2D eigenvalue weighted by molar-refractivity contribution is 0.834. The Kier molecular flexibility index (Phi) is 2.62. The number of rotatable bonds is 2. The molecule has 0 bridgehead atoms. The van der Waals surface area contributed by atoms with Crippen LogP contribution in [0, 0.1) is 0 Å². The zero-order chi connectivity index (χ0) is 15.3. The molecule has 0 unspecified atom stereocenters. The molecule has 22 heavy (non-hydrogen) atoms. The van der Waals surface area contributed by atoms with E-state index in [1.807, 2.05) is 22.7 Å². The summed E-state index contributed by atoms with van der Waals surface area (Å²) in [5.41, 5.74) is 10.2. The summed E-state index contributed by atoms with van der Waals surface area (Å²) in [4.78, 5) is 12.9. The molecule has 4 heterocycles. The number of aromatic nitrogens is 6. The zero-order valence-electron chi connectivity index (χ0n) is 12.3. The van der Waals surface area contributed by atoms with Crippen molar-refractivity contribution in [1.82, 2.24) is 29.0 Å². The van der Waals surface area contributed by atoms with Gasteiger partial charge in [0.05, 0.1) is 17.6 Å². The Morgan fingerprint density at radius 2 is 2.00 bits per heavy atom. The van der Waals surface area contributed by atoms with E-state index in [-0.39, 0.29) is 0 Å². The Morgan fingerprint density at radius 3 is 2.82 bits per heavy atom. The summed E-state index contributed by atoms with van der Waals surface area (Å²) in [7, 11) is 0. The molecular formula is C15H15N7. The quantitative estimate of drug-likeness (QED) is 0.612. The van der Waals surface area contributed by atoms with E-state index in [0.29, 0.717) is 17.4 Å². The van der Waals surface area contributed by atoms with Gasteiger partial charge in [-0.25, -0.2) is 19.5 Å². The van der Waals surface area contributed by atoms with Gasteiger partial charge in [0.15, 0.2) is 11.5 Å². The first kappa shape index (κ1) is 12.8. The third kappa shape index (κ3) is 1.82. The molecule has 0 saturated carbocycles. The number of nitrogens with two attached hydrogens (primary N) is 1. The van der Waals surface area contributed by atoms with Gasteiger partial charge in [-0.15, -0.1) is 0 Å². The number of nitrogen functional groups attached to an aromatic ring is 1. The summed E-state index contributed by atoms with van der Waals surface area (Å²) in [6.45, 7) is 4.26. The van der Waals surface area contributed by atoms with Crippen molar-refractivity contribution in [2.45, 2.75) is 19.8 Å². The highest BCUT2D eigenvalue weighted by molar-refractivity contribution is 5.68. The van der Waals surface area contributed by atoms with Crippen molar-refractivity contribution >= 4 is 17.1 Å². The van der Waals surface area contributed by atoms with Crippen LogP contribution in [0.1, 0.15) is 25.5 Å². The van der Waals surface area contributed by atoms with Crippen molar-refractivity contribution in [2.75, 3.05) is 5.73 Å². The maximum Gasteiger partial charge on any atom is 0.197 e. The topological polar surface area (TPSA) is 86.4 Å². The number of imidazole rings is 2. The fourth-order valence-corrected chi connectivity index (χ4v) is 2.47. The molecular weight excluding hydrogens is 278 g/mol. The number of hydrogen-bond acceptors (Lipinski definition) is 5. The average Bonchev–Trinajstić information content (AvgIpc) is 3.11. The van der Waals surface area contributed by atoms with Crippen LogP contribution in [0.4, 0.5) is 5.82 Å². The highest BCUT2D eigenvalue weighted by atomic mass is 15.3. The fraction of sp³-hybridized carbons (Fsp3) is 0.200. The van der Waals surface area contributed by atoms with Crippen molar-refractivity contribution in [2.24, 2.45) is 0 Å². The first-order valence-corrected chi connectivity index (χ1v) is 7.07.